The van der Waals surface area contributed by atoms with Crippen molar-refractivity contribution in [2.75, 3.05) is 23.3 Å². The van der Waals surface area contributed by atoms with Crippen LogP contribution in [-0.2, 0) is 6.54 Å². The summed E-state index contributed by atoms with van der Waals surface area (Å²) in [4.78, 5) is 41.9. The lowest BCUT2D eigenvalue weighted by atomic mass is 10.1. The van der Waals surface area contributed by atoms with Crippen molar-refractivity contribution in [3.05, 3.63) is 94.8 Å². The Labute approximate surface area is 190 Å². The number of rotatable bonds is 5. The van der Waals surface area contributed by atoms with E-state index >= 15 is 0 Å². The monoisotopic (exact) mass is 443 g/mol. The molecule has 33 heavy (non-hydrogen) atoms. The van der Waals surface area contributed by atoms with Gasteiger partial charge in [-0.1, -0.05) is 36.4 Å². The maximum Gasteiger partial charge on any atom is 0.261 e. The molecule has 0 aliphatic carbocycles. The van der Waals surface area contributed by atoms with Crippen LogP contribution in [0.3, 0.4) is 0 Å². The lowest BCUT2D eigenvalue weighted by Crippen LogP contribution is -2.29. The number of para-hydroxylation sites is 1. The number of carbonyl (C=O) groups is 3. The molecule has 2 heterocycles. The first-order chi connectivity index (χ1) is 16.0. The maximum absolute atomic E-state index is 14.6. The lowest BCUT2D eigenvalue weighted by Gasteiger charge is -2.22. The standard InChI is InChI=1S/C26H22FN3O3/c27-21-9-6-10-22(29-13-4-5-14-29)23(21)28-24(31)18-11-12-19-20(15-18)26(33)30(25(19)32)16-17-7-2-1-3-8-17/h1-3,6-12,15H,4-5,13-14,16H2,(H,28,31). The molecule has 0 unspecified atom stereocenters. The number of carbonyl (C=O) groups excluding carboxylic acids is 3. The van der Waals surface area contributed by atoms with Crippen LogP contribution in [0.25, 0.3) is 0 Å². The van der Waals surface area contributed by atoms with Crippen LogP contribution in [0.5, 0.6) is 0 Å². The van der Waals surface area contributed by atoms with E-state index in [0.717, 1.165) is 31.5 Å². The second-order valence-electron chi connectivity index (χ2n) is 8.22. The molecule has 2 aliphatic rings. The third kappa shape index (κ3) is 3.86. The minimum absolute atomic E-state index is 0.123. The number of imide groups is 1. The summed E-state index contributed by atoms with van der Waals surface area (Å²) in [5.74, 6) is -1.90. The summed E-state index contributed by atoms with van der Waals surface area (Å²) in [6.45, 7) is 1.77. The Kier molecular flexibility index (Phi) is 5.38. The molecule has 0 saturated carbocycles. The number of nitrogens with one attached hydrogen (secondary N) is 1. The fourth-order valence-electron chi connectivity index (χ4n) is 4.39. The number of nitrogens with zero attached hydrogens (tertiary/aromatic N) is 2. The Hall–Kier alpha value is -4.00. The normalized spacial score (nSPS) is 15.2. The first kappa shape index (κ1) is 20.9. The molecule has 0 bridgehead atoms. The summed E-state index contributed by atoms with van der Waals surface area (Å²) < 4.78 is 14.6. The first-order valence-electron chi connectivity index (χ1n) is 10.9. The third-order valence-corrected chi connectivity index (χ3v) is 6.09. The van der Waals surface area contributed by atoms with Crippen LogP contribution in [0.4, 0.5) is 15.8 Å². The SMILES string of the molecule is O=C(Nc1c(F)cccc1N1CCCC1)c1ccc2c(c1)C(=O)N(Cc1ccccc1)C2=O. The molecule has 2 aliphatic heterocycles. The van der Waals surface area contributed by atoms with E-state index in [0.29, 0.717) is 5.69 Å². The molecular weight excluding hydrogens is 421 g/mol. The Balaban J connectivity index is 1.40. The number of benzene rings is 3. The van der Waals surface area contributed by atoms with Crippen LogP contribution >= 0.6 is 0 Å². The highest BCUT2D eigenvalue weighted by Gasteiger charge is 2.36. The van der Waals surface area contributed by atoms with Gasteiger partial charge in [-0.25, -0.2) is 4.39 Å². The number of amides is 3. The molecule has 3 aromatic rings. The molecule has 0 radical (unpaired) electrons. The van der Waals surface area contributed by atoms with Crippen LogP contribution in [0.2, 0.25) is 0 Å². The van der Waals surface area contributed by atoms with E-state index in [-0.39, 0.29) is 28.9 Å². The molecule has 0 spiro atoms. The fourth-order valence-corrected chi connectivity index (χ4v) is 4.39. The van der Waals surface area contributed by atoms with E-state index in [1.165, 1.54) is 29.2 Å². The second-order valence-corrected chi connectivity index (χ2v) is 8.22. The predicted octanol–water partition coefficient (Wildman–Crippen LogP) is 4.47. The Morgan fingerprint density at radius 2 is 1.61 bits per heavy atom. The first-order valence-corrected chi connectivity index (χ1v) is 10.9. The molecule has 1 N–H and O–H groups in total. The average Bonchev–Trinajstić information content (AvgIpc) is 3.45. The van der Waals surface area contributed by atoms with Crippen LogP contribution in [0.15, 0.2) is 66.7 Å². The van der Waals surface area contributed by atoms with Crippen LogP contribution in [0.1, 0.15) is 49.5 Å². The van der Waals surface area contributed by atoms with E-state index in [1.54, 1.807) is 12.1 Å². The van der Waals surface area contributed by atoms with Gasteiger partial charge in [-0.3, -0.25) is 19.3 Å². The molecule has 6 nitrogen and oxygen atoms in total. The zero-order valence-corrected chi connectivity index (χ0v) is 17.9. The number of halogens is 1. The minimum Gasteiger partial charge on any atom is -0.370 e. The highest BCUT2D eigenvalue weighted by Crippen LogP contribution is 2.32. The van der Waals surface area contributed by atoms with Gasteiger partial charge in [0.2, 0.25) is 0 Å². The zero-order chi connectivity index (χ0) is 22.9. The topological polar surface area (TPSA) is 69.7 Å². The Bertz CT molecular complexity index is 1250. The minimum atomic E-state index is -0.537. The molecule has 3 aromatic carbocycles. The fraction of sp³-hybridized carbons (Fsp3) is 0.192. The van der Waals surface area contributed by atoms with Crippen molar-refractivity contribution < 1.29 is 18.8 Å². The summed E-state index contributed by atoms with van der Waals surface area (Å²) in [6.07, 6.45) is 2.04. The van der Waals surface area contributed by atoms with Gasteiger partial charge in [0.05, 0.1) is 23.4 Å². The quantitative estimate of drug-likeness (QED) is 0.591. The third-order valence-electron chi connectivity index (χ3n) is 6.09. The molecule has 166 valence electrons. The van der Waals surface area contributed by atoms with Crippen molar-refractivity contribution in [3.8, 4) is 0 Å². The van der Waals surface area contributed by atoms with E-state index in [4.69, 9.17) is 0 Å². The predicted molar refractivity (Wildman–Crippen MR) is 123 cm³/mol. The largest absolute Gasteiger partial charge is 0.370 e. The second kappa shape index (κ2) is 8.50. The van der Waals surface area contributed by atoms with Gasteiger partial charge in [0, 0.05) is 18.7 Å². The van der Waals surface area contributed by atoms with E-state index < -0.39 is 23.5 Å². The number of hydrogen-bond acceptors (Lipinski definition) is 4. The summed E-state index contributed by atoms with van der Waals surface area (Å²) >= 11 is 0. The van der Waals surface area contributed by atoms with Crippen molar-refractivity contribution in [3.63, 3.8) is 0 Å². The molecule has 1 saturated heterocycles. The van der Waals surface area contributed by atoms with E-state index in [9.17, 15) is 18.8 Å². The molecular formula is C26H22FN3O3. The number of fused-ring (bicyclic) bond motifs is 1. The Morgan fingerprint density at radius 1 is 0.879 bits per heavy atom. The van der Waals surface area contributed by atoms with Gasteiger partial charge in [0.25, 0.3) is 17.7 Å². The number of anilines is 2. The van der Waals surface area contributed by atoms with Gasteiger partial charge in [0.15, 0.2) is 0 Å². The van der Waals surface area contributed by atoms with Gasteiger partial charge in [-0.15, -0.1) is 0 Å². The van der Waals surface area contributed by atoms with Gasteiger partial charge in [0.1, 0.15) is 11.5 Å². The highest BCUT2D eigenvalue weighted by molar-refractivity contribution is 6.22. The van der Waals surface area contributed by atoms with Crippen LogP contribution in [0, 0.1) is 5.82 Å². The van der Waals surface area contributed by atoms with Crippen molar-refractivity contribution in [2.45, 2.75) is 19.4 Å². The molecule has 0 aromatic heterocycles. The molecule has 3 amide bonds. The van der Waals surface area contributed by atoms with E-state index in [1.807, 2.05) is 35.2 Å². The summed E-state index contributed by atoms with van der Waals surface area (Å²) in [5, 5.41) is 2.67. The zero-order valence-electron chi connectivity index (χ0n) is 17.9. The smallest absolute Gasteiger partial charge is 0.261 e. The van der Waals surface area contributed by atoms with Crippen LogP contribution < -0.4 is 10.2 Å². The molecule has 1 fully saturated rings. The molecule has 0 atom stereocenters. The molecule has 7 heteroatoms. The van der Waals surface area contributed by atoms with Crippen LogP contribution in [-0.4, -0.2) is 35.7 Å². The van der Waals surface area contributed by atoms with Crippen molar-refractivity contribution in [1.29, 1.82) is 0 Å². The molecule has 5 rings (SSSR count). The Morgan fingerprint density at radius 3 is 2.36 bits per heavy atom. The average molecular weight is 443 g/mol. The van der Waals surface area contributed by atoms with Gasteiger partial charge < -0.3 is 10.2 Å². The summed E-state index contributed by atoms with van der Waals surface area (Å²) in [6, 6.07) is 18.3. The van der Waals surface area contributed by atoms with Gasteiger partial charge >= 0.3 is 0 Å². The van der Waals surface area contributed by atoms with Crippen molar-refractivity contribution >= 4 is 29.1 Å². The van der Waals surface area contributed by atoms with E-state index in [2.05, 4.69) is 5.32 Å². The highest BCUT2D eigenvalue weighted by atomic mass is 19.1. The van der Waals surface area contributed by atoms with Gasteiger partial charge in [-0.2, -0.15) is 0 Å². The lowest BCUT2D eigenvalue weighted by molar-refractivity contribution is 0.0642. The van der Waals surface area contributed by atoms with Gasteiger partial charge in [-0.05, 0) is 48.7 Å². The summed E-state index contributed by atoms with van der Waals surface area (Å²) in [7, 11) is 0. The van der Waals surface area contributed by atoms with Crippen molar-refractivity contribution in [1.82, 2.24) is 4.90 Å². The summed E-state index contributed by atoms with van der Waals surface area (Å²) in [5.41, 5.74) is 2.22. The maximum atomic E-state index is 14.6. The number of hydrogen-bond donors (Lipinski definition) is 1. The van der Waals surface area contributed by atoms with Crippen molar-refractivity contribution in [2.24, 2.45) is 0 Å².